The van der Waals surface area contributed by atoms with Crippen molar-refractivity contribution < 1.29 is 18.7 Å². The predicted octanol–water partition coefficient (Wildman–Crippen LogP) is 4.17. The SMILES string of the molecule is Cc1oc(-c2ccccc2)nc1C(=O)O[C@@H](C)C(=O)N1CCCc2ccccc21. The highest BCUT2D eigenvalue weighted by molar-refractivity contribution is 5.99. The van der Waals surface area contributed by atoms with E-state index in [1.54, 1.807) is 18.7 Å². The van der Waals surface area contributed by atoms with Crippen molar-refractivity contribution in [3.8, 4) is 11.5 Å². The van der Waals surface area contributed by atoms with Crippen molar-refractivity contribution in [2.75, 3.05) is 11.4 Å². The Morgan fingerprint density at radius 2 is 1.83 bits per heavy atom. The van der Waals surface area contributed by atoms with Crippen LogP contribution >= 0.6 is 0 Å². The van der Waals surface area contributed by atoms with E-state index in [0.29, 0.717) is 18.2 Å². The molecule has 0 aliphatic carbocycles. The molecule has 2 heterocycles. The summed E-state index contributed by atoms with van der Waals surface area (Å²) in [6.07, 6.45) is 0.894. The molecule has 148 valence electrons. The second-order valence-corrected chi connectivity index (χ2v) is 7.06. The average molecular weight is 390 g/mol. The quantitative estimate of drug-likeness (QED) is 0.625. The third kappa shape index (κ3) is 3.78. The third-order valence-electron chi connectivity index (χ3n) is 5.02. The zero-order valence-electron chi connectivity index (χ0n) is 16.4. The minimum Gasteiger partial charge on any atom is -0.448 e. The number of benzene rings is 2. The summed E-state index contributed by atoms with van der Waals surface area (Å²) in [5, 5.41) is 0. The summed E-state index contributed by atoms with van der Waals surface area (Å²) in [6, 6.07) is 17.1. The first kappa shape index (κ1) is 18.9. The van der Waals surface area contributed by atoms with Crippen molar-refractivity contribution in [1.82, 2.24) is 4.98 Å². The van der Waals surface area contributed by atoms with E-state index in [0.717, 1.165) is 29.7 Å². The van der Waals surface area contributed by atoms with Crippen LogP contribution in [0.1, 0.15) is 35.2 Å². The van der Waals surface area contributed by atoms with Crippen LogP contribution in [0.5, 0.6) is 0 Å². The van der Waals surface area contributed by atoms with Gasteiger partial charge in [-0.1, -0.05) is 36.4 Å². The van der Waals surface area contributed by atoms with E-state index in [1.165, 1.54) is 0 Å². The van der Waals surface area contributed by atoms with Crippen LogP contribution in [-0.4, -0.2) is 29.5 Å². The van der Waals surface area contributed by atoms with Crippen molar-refractivity contribution in [2.45, 2.75) is 32.8 Å². The minimum atomic E-state index is -0.926. The monoisotopic (exact) mass is 390 g/mol. The third-order valence-corrected chi connectivity index (χ3v) is 5.02. The van der Waals surface area contributed by atoms with Gasteiger partial charge in [-0.05, 0) is 50.5 Å². The summed E-state index contributed by atoms with van der Waals surface area (Å²) in [7, 11) is 0. The molecule has 2 aromatic carbocycles. The molecule has 0 unspecified atom stereocenters. The number of hydrogen-bond acceptors (Lipinski definition) is 5. The molecule has 3 aromatic rings. The molecule has 1 aliphatic heterocycles. The molecule has 6 nitrogen and oxygen atoms in total. The zero-order chi connectivity index (χ0) is 20.4. The average Bonchev–Trinajstić information content (AvgIpc) is 3.15. The van der Waals surface area contributed by atoms with E-state index in [2.05, 4.69) is 4.98 Å². The Balaban J connectivity index is 1.49. The number of carbonyl (C=O) groups is 2. The predicted molar refractivity (Wildman–Crippen MR) is 109 cm³/mol. The maximum absolute atomic E-state index is 12.9. The molecule has 0 bridgehead atoms. The van der Waals surface area contributed by atoms with Crippen molar-refractivity contribution >= 4 is 17.6 Å². The molecule has 0 saturated heterocycles. The van der Waals surface area contributed by atoms with Gasteiger partial charge in [-0.15, -0.1) is 0 Å². The Hall–Kier alpha value is -3.41. The zero-order valence-corrected chi connectivity index (χ0v) is 16.4. The van der Waals surface area contributed by atoms with Gasteiger partial charge in [0.25, 0.3) is 5.91 Å². The lowest BCUT2D eigenvalue weighted by Crippen LogP contribution is -2.42. The molecule has 1 amide bonds. The summed E-state index contributed by atoms with van der Waals surface area (Å²) in [5.74, 6) is -0.203. The first-order valence-electron chi connectivity index (χ1n) is 9.67. The van der Waals surface area contributed by atoms with Crippen LogP contribution in [0.15, 0.2) is 59.0 Å². The van der Waals surface area contributed by atoms with Crippen LogP contribution in [-0.2, 0) is 16.0 Å². The van der Waals surface area contributed by atoms with Gasteiger partial charge in [-0.3, -0.25) is 4.79 Å². The number of rotatable bonds is 4. The van der Waals surface area contributed by atoms with Crippen molar-refractivity contribution in [2.24, 2.45) is 0 Å². The molecule has 1 aromatic heterocycles. The second kappa shape index (κ2) is 7.91. The summed E-state index contributed by atoms with van der Waals surface area (Å²) in [5.41, 5.74) is 2.87. The Morgan fingerprint density at radius 1 is 1.10 bits per heavy atom. The molecular formula is C23H22N2O4. The topological polar surface area (TPSA) is 72.6 Å². The maximum Gasteiger partial charge on any atom is 0.361 e. The lowest BCUT2D eigenvalue weighted by atomic mass is 10.0. The number of hydrogen-bond donors (Lipinski definition) is 0. The molecule has 0 N–H and O–H groups in total. The highest BCUT2D eigenvalue weighted by Crippen LogP contribution is 2.28. The van der Waals surface area contributed by atoms with Crippen molar-refractivity contribution in [3.63, 3.8) is 0 Å². The standard InChI is InChI=1S/C23H22N2O4/c1-15-20(24-21(28-15)18-10-4-3-5-11-18)23(27)29-16(2)22(26)25-14-8-12-17-9-6-7-13-19(17)25/h3-7,9-11,13,16H,8,12,14H2,1-2H3/t16-/m0/s1. The number of anilines is 1. The molecule has 6 heteroatoms. The fourth-order valence-corrected chi connectivity index (χ4v) is 3.54. The summed E-state index contributed by atoms with van der Waals surface area (Å²) in [4.78, 5) is 31.6. The lowest BCUT2D eigenvalue weighted by Gasteiger charge is -2.31. The van der Waals surface area contributed by atoms with Crippen molar-refractivity contribution in [3.05, 3.63) is 71.6 Å². The van der Waals surface area contributed by atoms with Gasteiger partial charge >= 0.3 is 5.97 Å². The number of oxazole rings is 1. The number of amides is 1. The van der Waals surface area contributed by atoms with Gasteiger partial charge in [0, 0.05) is 17.8 Å². The first-order chi connectivity index (χ1) is 14.0. The second-order valence-electron chi connectivity index (χ2n) is 7.06. The molecule has 0 radical (unpaired) electrons. The maximum atomic E-state index is 12.9. The minimum absolute atomic E-state index is 0.0857. The Labute approximate surface area is 169 Å². The fraction of sp³-hybridized carbons (Fsp3) is 0.261. The van der Waals surface area contributed by atoms with Crippen LogP contribution in [0, 0.1) is 6.92 Å². The van der Waals surface area contributed by atoms with Gasteiger partial charge in [0.2, 0.25) is 5.89 Å². The highest BCUT2D eigenvalue weighted by atomic mass is 16.5. The van der Waals surface area contributed by atoms with Crippen molar-refractivity contribution in [1.29, 1.82) is 0 Å². The Kier molecular flexibility index (Phi) is 5.16. The number of para-hydroxylation sites is 1. The summed E-state index contributed by atoms with van der Waals surface area (Å²) < 4.78 is 11.1. The molecule has 29 heavy (non-hydrogen) atoms. The molecule has 1 aliphatic rings. The smallest absolute Gasteiger partial charge is 0.361 e. The Morgan fingerprint density at radius 3 is 2.62 bits per heavy atom. The van der Waals surface area contributed by atoms with Gasteiger partial charge in [-0.2, -0.15) is 0 Å². The van der Waals surface area contributed by atoms with Crippen LogP contribution in [0.4, 0.5) is 5.69 Å². The van der Waals surface area contributed by atoms with Gasteiger partial charge < -0.3 is 14.1 Å². The molecule has 0 fully saturated rings. The summed E-state index contributed by atoms with van der Waals surface area (Å²) >= 11 is 0. The Bertz CT molecular complexity index is 1040. The molecule has 0 spiro atoms. The van der Waals surface area contributed by atoms with E-state index < -0.39 is 12.1 Å². The van der Waals surface area contributed by atoms with E-state index in [1.807, 2.05) is 54.6 Å². The number of carbonyl (C=O) groups excluding carboxylic acids is 2. The molecule has 1 atom stereocenters. The number of aromatic nitrogens is 1. The molecular weight excluding hydrogens is 368 g/mol. The van der Waals surface area contributed by atoms with Gasteiger partial charge in [-0.25, -0.2) is 9.78 Å². The number of ether oxygens (including phenoxy) is 1. The van der Waals surface area contributed by atoms with Crippen LogP contribution in [0.25, 0.3) is 11.5 Å². The number of nitrogens with zero attached hydrogens (tertiary/aromatic N) is 2. The largest absolute Gasteiger partial charge is 0.448 e. The van der Waals surface area contributed by atoms with E-state index >= 15 is 0 Å². The van der Waals surface area contributed by atoms with Gasteiger partial charge in [0.1, 0.15) is 5.76 Å². The molecule has 4 rings (SSSR count). The molecule has 0 saturated carbocycles. The van der Waals surface area contributed by atoms with E-state index in [9.17, 15) is 9.59 Å². The number of aryl methyl sites for hydroxylation is 2. The van der Waals surface area contributed by atoms with E-state index in [4.69, 9.17) is 9.15 Å². The normalized spacial score (nSPS) is 14.2. The number of fused-ring (bicyclic) bond motifs is 1. The van der Waals surface area contributed by atoms with Crippen LogP contribution in [0.2, 0.25) is 0 Å². The van der Waals surface area contributed by atoms with E-state index in [-0.39, 0.29) is 11.6 Å². The van der Waals surface area contributed by atoms with Crippen LogP contribution in [0.3, 0.4) is 0 Å². The van der Waals surface area contributed by atoms with Gasteiger partial charge in [0.15, 0.2) is 11.8 Å². The highest BCUT2D eigenvalue weighted by Gasteiger charge is 2.30. The first-order valence-corrected chi connectivity index (χ1v) is 9.67. The number of esters is 1. The lowest BCUT2D eigenvalue weighted by molar-refractivity contribution is -0.126. The van der Waals surface area contributed by atoms with Crippen LogP contribution < -0.4 is 4.90 Å². The summed E-state index contributed by atoms with van der Waals surface area (Å²) in [6.45, 7) is 3.85. The van der Waals surface area contributed by atoms with Gasteiger partial charge in [0.05, 0.1) is 0 Å². The fourth-order valence-electron chi connectivity index (χ4n) is 3.54.